The Labute approximate surface area is 126 Å². The van der Waals surface area contributed by atoms with Gasteiger partial charge >= 0.3 is 0 Å². The van der Waals surface area contributed by atoms with Crippen molar-refractivity contribution in [2.24, 2.45) is 5.41 Å². The third-order valence-corrected chi connectivity index (χ3v) is 5.88. The molecule has 0 heterocycles. The summed E-state index contributed by atoms with van der Waals surface area (Å²) in [5.41, 5.74) is 0.496. The van der Waals surface area contributed by atoms with Crippen molar-refractivity contribution in [1.82, 2.24) is 10.2 Å². The van der Waals surface area contributed by atoms with E-state index in [4.69, 9.17) is 0 Å². The molecule has 0 aromatic carbocycles. The first-order valence-electron chi connectivity index (χ1n) is 9.20. The number of hydrogen-bond donors (Lipinski definition) is 1. The molecule has 0 saturated heterocycles. The van der Waals surface area contributed by atoms with Gasteiger partial charge in [-0.1, -0.05) is 40.0 Å². The van der Waals surface area contributed by atoms with E-state index < -0.39 is 0 Å². The Morgan fingerprint density at radius 3 is 2.10 bits per heavy atom. The van der Waals surface area contributed by atoms with Crippen molar-refractivity contribution < 1.29 is 0 Å². The van der Waals surface area contributed by atoms with Crippen LogP contribution in [0, 0.1) is 5.41 Å². The Bertz CT molecular complexity index is 263. The molecule has 0 aromatic heterocycles. The molecule has 2 aliphatic rings. The molecule has 0 bridgehead atoms. The Balaban J connectivity index is 1.91. The summed E-state index contributed by atoms with van der Waals surface area (Å²) < 4.78 is 0. The van der Waals surface area contributed by atoms with Crippen LogP contribution in [0.5, 0.6) is 0 Å². The molecule has 2 aliphatic carbocycles. The van der Waals surface area contributed by atoms with E-state index >= 15 is 0 Å². The Morgan fingerprint density at radius 1 is 0.950 bits per heavy atom. The van der Waals surface area contributed by atoms with Crippen molar-refractivity contribution in [2.75, 3.05) is 19.6 Å². The van der Waals surface area contributed by atoms with Crippen LogP contribution in [0.25, 0.3) is 0 Å². The number of hydrogen-bond acceptors (Lipinski definition) is 2. The lowest BCUT2D eigenvalue weighted by Crippen LogP contribution is -2.48. The first kappa shape index (κ1) is 16.3. The summed E-state index contributed by atoms with van der Waals surface area (Å²) in [6.07, 6.45) is 12.7. The van der Waals surface area contributed by atoms with E-state index in [9.17, 15) is 0 Å². The molecule has 2 saturated carbocycles. The Morgan fingerprint density at radius 2 is 1.60 bits per heavy atom. The van der Waals surface area contributed by atoms with Gasteiger partial charge in [0.1, 0.15) is 0 Å². The lowest BCUT2D eigenvalue weighted by molar-refractivity contribution is 0.0842. The fraction of sp³-hybridized carbons (Fsp3) is 1.00. The molecule has 0 aliphatic heterocycles. The van der Waals surface area contributed by atoms with Gasteiger partial charge in [0.25, 0.3) is 0 Å². The summed E-state index contributed by atoms with van der Waals surface area (Å²) >= 11 is 0. The quantitative estimate of drug-likeness (QED) is 0.681. The molecular weight excluding hydrogens is 244 g/mol. The molecular formula is C18H36N2. The molecule has 0 amide bonds. The van der Waals surface area contributed by atoms with E-state index in [1.165, 1.54) is 77.4 Å². The molecule has 2 nitrogen and oxygen atoms in total. The van der Waals surface area contributed by atoms with Crippen LogP contribution in [0.2, 0.25) is 0 Å². The van der Waals surface area contributed by atoms with Crippen molar-refractivity contribution in [3.63, 3.8) is 0 Å². The fourth-order valence-electron chi connectivity index (χ4n) is 3.80. The third kappa shape index (κ3) is 4.46. The Kier molecular flexibility index (Phi) is 6.35. The number of nitrogens with zero attached hydrogens (tertiary/aromatic N) is 1. The van der Waals surface area contributed by atoms with Crippen LogP contribution >= 0.6 is 0 Å². The predicted octanol–water partition coefficient (Wildman–Crippen LogP) is 4.20. The van der Waals surface area contributed by atoms with E-state index in [0.717, 1.165) is 12.1 Å². The van der Waals surface area contributed by atoms with Crippen LogP contribution in [0.15, 0.2) is 0 Å². The fourth-order valence-corrected chi connectivity index (χ4v) is 3.80. The molecule has 2 rings (SSSR count). The summed E-state index contributed by atoms with van der Waals surface area (Å²) in [5, 5.41) is 3.81. The van der Waals surface area contributed by atoms with Gasteiger partial charge in [0.15, 0.2) is 0 Å². The summed E-state index contributed by atoms with van der Waals surface area (Å²) in [6, 6.07) is 1.71. The highest BCUT2D eigenvalue weighted by atomic mass is 15.2. The molecule has 0 spiro atoms. The summed E-state index contributed by atoms with van der Waals surface area (Å²) in [7, 11) is 0. The lowest BCUT2D eigenvalue weighted by Gasteiger charge is -2.42. The van der Waals surface area contributed by atoms with Crippen LogP contribution in [-0.4, -0.2) is 36.6 Å². The third-order valence-electron chi connectivity index (χ3n) is 5.88. The lowest BCUT2D eigenvalue weighted by atomic mass is 9.80. The van der Waals surface area contributed by atoms with Gasteiger partial charge in [-0.2, -0.15) is 0 Å². The van der Waals surface area contributed by atoms with Gasteiger partial charge in [-0.25, -0.2) is 0 Å². The zero-order valence-corrected chi connectivity index (χ0v) is 14.1. The van der Waals surface area contributed by atoms with E-state index in [1.54, 1.807) is 0 Å². The normalized spacial score (nSPS) is 21.6. The minimum Gasteiger partial charge on any atom is -0.313 e. The van der Waals surface area contributed by atoms with Crippen molar-refractivity contribution in [2.45, 2.75) is 90.6 Å². The van der Waals surface area contributed by atoms with E-state index in [-0.39, 0.29) is 0 Å². The van der Waals surface area contributed by atoms with Crippen molar-refractivity contribution in [3.8, 4) is 0 Å². The van der Waals surface area contributed by atoms with Gasteiger partial charge in [-0.3, -0.25) is 0 Å². The smallest absolute Gasteiger partial charge is 0.00953 e. The van der Waals surface area contributed by atoms with E-state index in [2.05, 4.69) is 31.0 Å². The average Bonchev–Trinajstić information content (AvgIpc) is 3.33. The van der Waals surface area contributed by atoms with Crippen molar-refractivity contribution >= 4 is 0 Å². The minimum atomic E-state index is 0.496. The molecule has 0 unspecified atom stereocenters. The molecule has 2 heteroatoms. The highest BCUT2D eigenvalue weighted by Gasteiger charge is 2.33. The zero-order chi connectivity index (χ0) is 14.4. The first-order valence-corrected chi connectivity index (χ1v) is 9.20. The van der Waals surface area contributed by atoms with Gasteiger partial charge in [0, 0.05) is 25.2 Å². The number of rotatable bonds is 9. The maximum Gasteiger partial charge on any atom is 0.00953 e. The first-order chi connectivity index (χ1) is 9.73. The summed E-state index contributed by atoms with van der Waals surface area (Å²) in [4.78, 5) is 2.81. The van der Waals surface area contributed by atoms with Gasteiger partial charge < -0.3 is 10.2 Å². The SMILES string of the molecule is CCN(CC(CC)(CC)CNC1CC1)C1CCCCC1. The van der Waals surface area contributed by atoms with Crippen molar-refractivity contribution in [3.05, 3.63) is 0 Å². The van der Waals surface area contributed by atoms with Gasteiger partial charge in [-0.05, 0) is 50.5 Å². The van der Waals surface area contributed by atoms with E-state index in [1.807, 2.05) is 0 Å². The molecule has 20 heavy (non-hydrogen) atoms. The predicted molar refractivity (Wildman–Crippen MR) is 88.2 cm³/mol. The maximum absolute atomic E-state index is 3.81. The Hall–Kier alpha value is -0.0800. The molecule has 118 valence electrons. The molecule has 0 aromatic rings. The maximum atomic E-state index is 3.81. The van der Waals surface area contributed by atoms with Crippen LogP contribution in [0.3, 0.4) is 0 Å². The van der Waals surface area contributed by atoms with Gasteiger partial charge in [0.2, 0.25) is 0 Å². The molecule has 1 N–H and O–H groups in total. The van der Waals surface area contributed by atoms with Gasteiger partial charge in [0.05, 0.1) is 0 Å². The van der Waals surface area contributed by atoms with Crippen LogP contribution in [0.4, 0.5) is 0 Å². The largest absolute Gasteiger partial charge is 0.313 e. The van der Waals surface area contributed by atoms with Crippen LogP contribution < -0.4 is 5.32 Å². The second kappa shape index (κ2) is 7.79. The molecule has 2 fully saturated rings. The highest BCUT2D eigenvalue weighted by molar-refractivity contribution is 4.90. The van der Waals surface area contributed by atoms with E-state index in [0.29, 0.717) is 5.41 Å². The average molecular weight is 280 g/mol. The zero-order valence-electron chi connectivity index (χ0n) is 14.1. The van der Waals surface area contributed by atoms with Crippen molar-refractivity contribution in [1.29, 1.82) is 0 Å². The number of nitrogens with one attached hydrogen (secondary N) is 1. The second-order valence-electron chi connectivity index (χ2n) is 7.22. The standard InChI is InChI=1S/C18H36N2/c1-4-18(5-2,14-19-16-12-13-16)15-20(6-3)17-10-8-7-9-11-17/h16-17,19H,4-15H2,1-3H3. The topological polar surface area (TPSA) is 15.3 Å². The van der Waals surface area contributed by atoms with Crippen LogP contribution in [0.1, 0.15) is 78.6 Å². The summed E-state index contributed by atoms with van der Waals surface area (Å²) in [5.74, 6) is 0. The van der Waals surface area contributed by atoms with Crippen LogP contribution in [-0.2, 0) is 0 Å². The minimum absolute atomic E-state index is 0.496. The van der Waals surface area contributed by atoms with Gasteiger partial charge in [-0.15, -0.1) is 0 Å². The second-order valence-corrected chi connectivity index (χ2v) is 7.22. The monoisotopic (exact) mass is 280 g/mol. The summed E-state index contributed by atoms with van der Waals surface area (Å²) in [6.45, 7) is 10.9. The molecule has 0 atom stereocenters. The highest BCUT2D eigenvalue weighted by Crippen LogP contribution is 2.32. The molecule has 0 radical (unpaired) electrons.